The Morgan fingerprint density at radius 2 is 0.914 bits per heavy atom. The summed E-state index contributed by atoms with van der Waals surface area (Å²) in [6, 6.07) is 93.3. The summed E-state index contributed by atoms with van der Waals surface area (Å²) in [6.45, 7) is 4.10. The van der Waals surface area contributed by atoms with Gasteiger partial charge in [-0.25, -0.2) is 15.0 Å². The number of pyridine rings is 3. The van der Waals surface area contributed by atoms with Crippen LogP contribution in [0.4, 0.5) is 0 Å². The molecule has 0 saturated carbocycles. The third-order valence-corrected chi connectivity index (χ3v) is 16.4. The Morgan fingerprint density at radius 1 is 0.398 bits per heavy atom. The Morgan fingerprint density at radius 3 is 1.52 bits per heavy atom. The van der Waals surface area contributed by atoms with E-state index >= 15 is 0 Å². The summed E-state index contributed by atoms with van der Waals surface area (Å²) in [7, 11) is 0. The van der Waals surface area contributed by atoms with Crippen molar-refractivity contribution in [1.29, 1.82) is 0 Å². The Labute approximate surface area is 564 Å². The predicted molar refractivity (Wildman–Crippen MR) is 362 cm³/mol. The van der Waals surface area contributed by atoms with Gasteiger partial charge in [0.25, 0.3) is 0 Å². The summed E-state index contributed by atoms with van der Waals surface area (Å²) in [6.07, 6.45) is 13.6. The second kappa shape index (κ2) is 25.7. The summed E-state index contributed by atoms with van der Waals surface area (Å²) in [5.74, 6) is 4.01. The van der Waals surface area contributed by atoms with E-state index in [1.807, 2.05) is 156 Å². The molecule has 0 N–H and O–H groups in total. The van der Waals surface area contributed by atoms with Gasteiger partial charge in [0.2, 0.25) is 0 Å². The molecule has 14 heteroatoms. The molecule has 0 aliphatic rings. The first kappa shape index (κ1) is 59.6. The summed E-state index contributed by atoms with van der Waals surface area (Å²) in [5, 5.41) is 16.3. The van der Waals surface area contributed by atoms with Crippen LogP contribution in [0.2, 0.25) is 0 Å². The van der Waals surface area contributed by atoms with Crippen LogP contribution in [0.5, 0.6) is 23.0 Å². The van der Waals surface area contributed by atoms with Gasteiger partial charge in [0.05, 0.1) is 17.4 Å². The molecular weight excluding hydrogens is 1510 g/mol. The minimum absolute atomic E-state index is 0. The zero-order chi connectivity index (χ0) is 60.8. The molecule has 17 aromatic rings. The van der Waals surface area contributed by atoms with E-state index < -0.39 is 0 Å². The number of benzene rings is 9. The van der Waals surface area contributed by atoms with Crippen LogP contribution in [-0.4, -0.2) is 48.2 Å². The number of fused-ring (bicyclic) bond motifs is 9. The average molecular weight is 1560 g/mol. The Hall–Kier alpha value is -11.0. The van der Waals surface area contributed by atoms with Gasteiger partial charge < -0.3 is 18.6 Å². The molecule has 0 atom stereocenters. The molecule has 17 rings (SSSR count). The molecule has 0 unspecified atom stereocenters. The largest absolute Gasteiger partial charge is 2.00 e. The maximum absolute atomic E-state index is 6.34. The number of rotatable bonds is 12. The van der Waals surface area contributed by atoms with Crippen LogP contribution in [0.1, 0.15) is 22.5 Å². The van der Waals surface area contributed by atoms with E-state index in [1.54, 1.807) is 12.4 Å². The molecule has 450 valence electrons. The topological polar surface area (TPSA) is 108 Å². The third-order valence-electron chi connectivity index (χ3n) is 16.4. The van der Waals surface area contributed by atoms with Crippen LogP contribution < -0.4 is 9.47 Å². The van der Waals surface area contributed by atoms with Gasteiger partial charge in [-0.1, -0.05) is 132 Å². The number of aromatic nitrogens is 10. The third kappa shape index (κ3) is 11.3. The van der Waals surface area contributed by atoms with Crippen molar-refractivity contribution in [2.24, 2.45) is 0 Å². The molecule has 0 spiro atoms. The fourth-order valence-corrected chi connectivity index (χ4v) is 12.1. The van der Waals surface area contributed by atoms with Gasteiger partial charge in [-0.2, -0.15) is 34.5 Å². The van der Waals surface area contributed by atoms with E-state index in [4.69, 9.17) is 19.6 Å². The zero-order valence-corrected chi connectivity index (χ0v) is 54.5. The molecule has 0 aliphatic carbocycles. The van der Waals surface area contributed by atoms with Crippen molar-refractivity contribution in [2.75, 3.05) is 0 Å². The molecule has 0 radical (unpaired) electrons. The Bertz CT molecular complexity index is 5530. The molecule has 8 heterocycles. The van der Waals surface area contributed by atoms with Gasteiger partial charge in [-0.05, 0) is 114 Å². The van der Waals surface area contributed by atoms with E-state index in [1.165, 1.54) is 5.39 Å². The average Bonchev–Trinajstić information content (AvgIpc) is 1.80. The number of aryl methyl sites for hydroxylation is 1. The summed E-state index contributed by atoms with van der Waals surface area (Å²) in [5.41, 5.74) is 15.0. The molecule has 93 heavy (non-hydrogen) atoms. The first-order valence-electron chi connectivity index (χ1n) is 29.9. The second-order valence-corrected chi connectivity index (χ2v) is 21.9. The summed E-state index contributed by atoms with van der Waals surface area (Å²) in [4.78, 5) is 13.9. The Balaban J connectivity index is 0.000000161. The van der Waals surface area contributed by atoms with Crippen molar-refractivity contribution in [3.8, 4) is 62.8 Å². The van der Waals surface area contributed by atoms with E-state index in [0.717, 1.165) is 123 Å². The Kier molecular flexibility index (Phi) is 16.5. The molecule has 0 fully saturated rings. The van der Waals surface area contributed by atoms with Crippen LogP contribution >= 0.6 is 0 Å². The molecule has 0 aliphatic heterocycles. The first-order valence-corrected chi connectivity index (χ1v) is 29.9. The number of ether oxygens (including phenoxy) is 2. The molecule has 12 nitrogen and oxygen atoms in total. The minimum Gasteiger partial charge on any atom is -0.509 e. The zero-order valence-electron chi connectivity index (χ0n) is 50.0. The maximum Gasteiger partial charge on any atom is 2.00 e. The van der Waals surface area contributed by atoms with E-state index in [2.05, 4.69) is 187 Å². The van der Waals surface area contributed by atoms with E-state index in [-0.39, 0.29) is 42.1 Å². The van der Waals surface area contributed by atoms with Gasteiger partial charge in [0.15, 0.2) is 0 Å². The van der Waals surface area contributed by atoms with Crippen molar-refractivity contribution < 1.29 is 51.6 Å². The molecule has 9 aromatic carbocycles. The quantitative estimate of drug-likeness (QED) is 0.112. The van der Waals surface area contributed by atoms with Gasteiger partial charge in [-0.3, -0.25) is 13.9 Å². The molecule has 8 aromatic heterocycles. The summed E-state index contributed by atoms with van der Waals surface area (Å²) < 4.78 is 22.9. The molecule has 0 bridgehead atoms. The standard InChI is InChI=1S/C43H26N6O.C36H26N4O.2Pt/c1-4-15-40-35(11-1)37-22-21-34(26-41(37)49(40)42-16-5-6-23-44-42)50-33-10-7-9-32(25-33)47-28-30(27-46-47)29-17-19-31(20-18-29)48-39-14-3-2-12-36(39)38-13-8-24-45-43(38)48;1-25-31(20-18-27-11-4-3-5-12-27)26(2)40(38-25)28-13-10-14-29(23-28)41-30-19-21-33-32-15-6-7-16-34(32)39(35(33)24-30)36-17-8-9-22-37-36;;/h1-24,27-28H;3-22H,1-2H3;;/q2*-2;2*+2/b;20-18+;;. The number of hydrogen-bond acceptors (Lipinski definition) is 7. The maximum atomic E-state index is 6.34. The fraction of sp³-hybridized carbons (Fsp3) is 0.0253. The van der Waals surface area contributed by atoms with E-state index in [9.17, 15) is 0 Å². The van der Waals surface area contributed by atoms with Crippen LogP contribution in [0, 0.1) is 38.1 Å². The number of hydrogen-bond donors (Lipinski definition) is 0. The second-order valence-electron chi connectivity index (χ2n) is 21.9. The normalized spacial score (nSPS) is 11.3. The number of nitrogens with zero attached hydrogens (tertiary/aromatic N) is 10. The van der Waals surface area contributed by atoms with Crippen LogP contribution in [0.15, 0.2) is 268 Å². The molecule has 0 amide bonds. The molecule has 0 saturated heterocycles. The van der Waals surface area contributed by atoms with Crippen molar-refractivity contribution >= 4 is 77.7 Å². The van der Waals surface area contributed by atoms with Crippen LogP contribution in [-0.2, 0) is 42.1 Å². The van der Waals surface area contributed by atoms with Gasteiger partial charge in [0, 0.05) is 92.1 Å². The number of para-hydroxylation sites is 3. The first-order chi connectivity index (χ1) is 44.9. The fourth-order valence-electron chi connectivity index (χ4n) is 12.1. The van der Waals surface area contributed by atoms with Gasteiger partial charge >= 0.3 is 42.1 Å². The van der Waals surface area contributed by atoms with Crippen molar-refractivity contribution in [3.05, 3.63) is 314 Å². The van der Waals surface area contributed by atoms with Crippen molar-refractivity contribution in [2.45, 2.75) is 13.8 Å². The van der Waals surface area contributed by atoms with E-state index in [0.29, 0.717) is 23.0 Å². The smallest absolute Gasteiger partial charge is 0.509 e. The van der Waals surface area contributed by atoms with Crippen LogP contribution in [0.25, 0.3) is 118 Å². The van der Waals surface area contributed by atoms with Crippen molar-refractivity contribution in [1.82, 2.24) is 48.2 Å². The van der Waals surface area contributed by atoms with Gasteiger partial charge in [0.1, 0.15) is 17.3 Å². The predicted octanol–water partition coefficient (Wildman–Crippen LogP) is 18.5. The van der Waals surface area contributed by atoms with Crippen molar-refractivity contribution in [3.63, 3.8) is 0 Å². The van der Waals surface area contributed by atoms with Crippen LogP contribution in [0.3, 0.4) is 0 Å². The minimum atomic E-state index is 0. The SMILES string of the molecule is Cc1nn(-c2[c-]c(Oc3[c-]c4c(cc3)c3ccccc3n4-c3ccccn3)ccc2)c(C)c1/C=C/c1ccccc1.[Pt+2].[Pt+2].[c-]1c(Oc2[c-]c3c(cc2)c2ccccc2n3-c2ccccn2)cccc1-n1cc(-c2ccc(-n3c4ccccc4c4cccnc43)cc2)cn1. The van der Waals surface area contributed by atoms with Gasteiger partial charge in [-0.15, -0.1) is 71.4 Å². The molecular formula is C79H52N10O2Pt2. The monoisotopic (exact) mass is 1560 g/mol. The summed E-state index contributed by atoms with van der Waals surface area (Å²) >= 11 is 0.